The summed E-state index contributed by atoms with van der Waals surface area (Å²) in [5.41, 5.74) is 0. The minimum Gasteiger partial charge on any atom is -1.00 e. The quantitative estimate of drug-likeness (QED) is 0.254. The molecule has 54 valence electrons. The van der Waals surface area contributed by atoms with Crippen LogP contribution in [0.2, 0.25) is 0 Å². The summed E-state index contributed by atoms with van der Waals surface area (Å²) in [6, 6.07) is 0. The van der Waals surface area contributed by atoms with E-state index in [1.807, 2.05) is 6.92 Å². The van der Waals surface area contributed by atoms with Gasteiger partial charge < -0.3 is 1.43 Å². The summed E-state index contributed by atoms with van der Waals surface area (Å²) in [5, 5.41) is 0. The van der Waals surface area contributed by atoms with Gasteiger partial charge >= 0.3 is 40.0 Å². The molecule has 0 aromatic heterocycles. The maximum Gasteiger partial charge on any atom is 1.00 e. The van der Waals surface area contributed by atoms with Gasteiger partial charge in [0.2, 0.25) is 0 Å². The summed E-state index contributed by atoms with van der Waals surface area (Å²) in [4.78, 5) is 0. The van der Waals surface area contributed by atoms with Crippen LogP contribution in [0.1, 0.15) is 8.35 Å². The van der Waals surface area contributed by atoms with Crippen LogP contribution in [-0.2, 0) is 10.4 Å². The summed E-state index contributed by atoms with van der Waals surface area (Å²) in [5.74, 6) is 0.722. The van der Waals surface area contributed by atoms with E-state index in [1.54, 1.807) is 0 Å². The van der Waals surface area contributed by atoms with Crippen molar-refractivity contribution in [2.45, 2.75) is 6.92 Å². The molecule has 4 nitrogen and oxygen atoms in total. The van der Waals surface area contributed by atoms with Crippen molar-refractivity contribution in [3.05, 3.63) is 0 Å². The number of halogens is 1. The van der Waals surface area contributed by atoms with Crippen molar-refractivity contribution in [1.29, 1.82) is 0 Å². The van der Waals surface area contributed by atoms with E-state index in [9.17, 15) is 0 Å². The van der Waals surface area contributed by atoms with Gasteiger partial charge in [0.15, 0.2) is 0 Å². The van der Waals surface area contributed by atoms with E-state index in [2.05, 4.69) is 0 Å². The fraction of sp³-hybridized carbons (Fsp3) is 1.00. The summed E-state index contributed by atoms with van der Waals surface area (Å²) >= 11 is 5.00. The van der Waals surface area contributed by atoms with Crippen molar-refractivity contribution in [2.24, 2.45) is 0 Å². The molecule has 0 heterocycles. The van der Waals surface area contributed by atoms with E-state index in [0.717, 1.165) is 5.88 Å². The zero-order valence-electron chi connectivity index (χ0n) is 6.20. The third-order valence-corrected chi connectivity index (χ3v) is 0. The predicted octanol–water partition coefficient (Wildman–Crippen LogP) is -2.29. The van der Waals surface area contributed by atoms with E-state index in [-0.39, 0.29) is 31.0 Å². The zero-order chi connectivity index (χ0) is 7.21. The van der Waals surface area contributed by atoms with Gasteiger partial charge in [-0.25, -0.2) is 0 Å². The van der Waals surface area contributed by atoms with Crippen LogP contribution in [0.4, 0.5) is 0 Å². The Labute approximate surface area is 82.9 Å². The van der Waals surface area contributed by atoms with Crippen molar-refractivity contribution in [1.82, 2.24) is 0 Å². The molecule has 0 unspecified atom stereocenters. The second kappa shape index (κ2) is 9.16. The molecular formula is C2H8ClNaO4S. The van der Waals surface area contributed by atoms with Crippen molar-refractivity contribution in [3.63, 3.8) is 0 Å². The molecule has 0 aliphatic heterocycles. The Bertz CT molecular complexity index is 117. The normalized spacial score (nSPS) is 8.44. The molecule has 9 heavy (non-hydrogen) atoms. The molecule has 0 saturated carbocycles. The Morgan fingerprint density at radius 3 is 1.56 bits per heavy atom. The number of alkyl halides is 1. The van der Waals surface area contributed by atoms with Crippen LogP contribution < -0.4 is 29.6 Å². The Kier molecular flexibility index (Phi) is 16.9. The van der Waals surface area contributed by atoms with Crippen LogP contribution in [0, 0.1) is 0 Å². The average Bonchev–Trinajstić information content (AvgIpc) is 1.27. The summed E-state index contributed by atoms with van der Waals surface area (Å²) in [6.07, 6.45) is 0. The second-order valence-electron chi connectivity index (χ2n) is 0.715. The predicted molar refractivity (Wildman–Crippen MR) is 31.7 cm³/mol. The van der Waals surface area contributed by atoms with Gasteiger partial charge in [-0.3, -0.25) is 9.11 Å². The average molecular weight is 187 g/mol. The molecule has 0 spiro atoms. The molecule has 0 rings (SSSR count). The van der Waals surface area contributed by atoms with Crippen LogP contribution in [-0.4, -0.2) is 23.4 Å². The van der Waals surface area contributed by atoms with E-state index in [0.29, 0.717) is 0 Å². The van der Waals surface area contributed by atoms with Crippen LogP contribution >= 0.6 is 11.6 Å². The fourth-order valence-corrected chi connectivity index (χ4v) is 0. The minimum atomic E-state index is -4.67. The molecule has 0 fully saturated rings. The second-order valence-corrected chi connectivity index (χ2v) is 2.15. The summed E-state index contributed by atoms with van der Waals surface area (Å²) < 4.78 is 31.6. The van der Waals surface area contributed by atoms with Gasteiger partial charge in [0.1, 0.15) is 0 Å². The maximum absolute atomic E-state index is 8.74. The van der Waals surface area contributed by atoms with Crippen molar-refractivity contribution in [2.75, 3.05) is 5.88 Å². The molecule has 2 N–H and O–H groups in total. The van der Waals surface area contributed by atoms with Gasteiger partial charge in [-0.2, -0.15) is 8.42 Å². The molecule has 0 aromatic carbocycles. The fourth-order valence-electron chi connectivity index (χ4n) is 0. The van der Waals surface area contributed by atoms with E-state index in [4.69, 9.17) is 29.1 Å². The van der Waals surface area contributed by atoms with Gasteiger partial charge in [-0.05, 0) is 0 Å². The van der Waals surface area contributed by atoms with Gasteiger partial charge in [-0.1, -0.05) is 6.92 Å². The number of hydrogen-bond donors (Lipinski definition) is 2. The molecule has 0 amide bonds. The first-order valence-electron chi connectivity index (χ1n) is 1.67. The first kappa shape index (κ1) is 16.6. The van der Waals surface area contributed by atoms with E-state index < -0.39 is 10.4 Å². The van der Waals surface area contributed by atoms with E-state index >= 15 is 0 Å². The zero-order valence-corrected chi connectivity index (χ0v) is 8.78. The largest absolute Gasteiger partial charge is 1.00 e. The number of rotatable bonds is 0. The molecule has 0 bridgehead atoms. The Morgan fingerprint density at radius 1 is 1.56 bits per heavy atom. The topological polar surface area (TPSA) is 74.6 Å². The van der Waals surface area contributed by atoms with E-state index in [1.165, 1.54) is 0 Å². The monoisotopic (exact) mass is 186 g/mol. The molecule has 0 atom stereocenters. The molecule has 0 aliphatic rings. The van der Waals surface area contributed by atoms with Crippen molar-refractivity contribution < 1.29 is 48.5 Å². The third-order valence-electron chi connectivity index (χ3n) is 0. The van der Waals surface area contributed by atoms with Gasteiger partial charge in [-0.15, -0.1) is 11.6 Å². The third kappa shape index (κ3) is 349. The Morgan fingerprint density at radius 2 is 1.56 bits per heavy atom. The Hall–Kier alpha value is 1.16. The van der Waals surface area contributed by atoms with Crippen LogP contribution in [0.25, 0.3) is 0 Å². The van der Waals surface area contributed by atoms with Crippen LogP contribution in [0.15, 0.2) is 0 Å². The molecule has 0 radical (unpaired) electrons. The van der Waals surface area contributed by atoms with Crippen LogP contribution in [0.3, 0.4) is 0 Å². The molecule has 7 heteroatoms. The maximum atomic E-state index is 8.74. The smallest absolute Gasteiger partial charge is 1.00 e. The van der Waals surface area contributed by atoms with Crippen molar-refractivity contribution >= 4 is 22.0 Å². The summed E-state index contributed by atoms with van der Waals surface area (Å²) in [7, 11) is -4.67. The Balaban J connectivity index is -0.0000000326. The number of hydrogen-bond acceptors (Lipinski definition) is 2. The molecule has 0 aliphatic carbocycles. The molecule has 0 aromatic rings. The minimum absolute atomic E-state index is 0. The SMILES string of the molecule is CCCl.O=S(=O)(O)O.[H-].[Na+]. The first-order valence-corrected chi connectivity index (χ1v) is 3.60. The van der Waals surface area contributed by atoms with Gasteiger partial charge in [0.05, 0.1) is 0 Å². The summed E-state index contributed by atoms with van der Waals surface area (Å²) in [6.45, 7) is 1.89. The standard InChI is InChI=1S/C2H5Cl.Na.H2O4S.H/c1-2-3;;1-5(2,3)4;/h2H2,1H3;;(H2,1,2,3,4);/q;+1;;-1. The van der Waals surface area contributed by atoms with Gasteiger partial charge in [0, 0.05) is 5.88 Å². The first-order chi connectivity index (χ1) is 3.41. The van der Waals surface area contributed by atoms with Gasteiger partial charge in [0.25, 0.3) is 0 Å². The molecule has 0 saturated heterocycles. The molecular weight excluding hydrogens is 179 g/mol. The van der Waals surface area contributed by atoms with Crippen LogP contribution in [0.5, 0.6) is 0 Å². The van der Waals surface area contributed by atoms with Crippen molar-refractivity contribution in [3.8, 4) is 0 Å².